The van der Waals surface area contributed by atoms with Crippen LogP contribution >= 0.6 is 11.3 Å². The van der Waals surface area contributed by atoms with Crippen LogP contribution in [0.1, 0.15) is 23.0 Å². The number of carbonyl (C=O) groups is 1. The monoisotopic (exact) mass is 379 g/mol. The predicted molar refractivity (Wildman–Crippen MR) is 107 cm³/mol. The van der Waals surface area contributed by atoms with Gasteiger partial charge >= 0.3 is 0 Å². The van der Waals surface area contributed by atoms with E-state index in [9.17, 15) is 4.79 Å². The second-order valence-electron chi connectivity index (χ2n) is 6.48. The maximum Gasteiger partial charge on any atom is 0.271 e. The lowest BCUT2D eigenvalue weighted by Gasteiger charge is -2.16. The molecular weight excluding hydrogens is 358 g/mol. The molecule has 0 spiro atoms. The fourth-order valence-corrected chi connectivity index (χ4v) is 3.82. The first-order chi connectivity index (χ1) is 13.2. The Labute approximate surface area is 161 Å². The van der Waals surface area contributed by atoms with Crippen molar-refractivity contribution in [2.75, 3.05) is 13.6 Å². The van der Waals surface area contributed by atoms with Crippen LogP contribution in [0.3, 0.4) is 0 Å². The van der Waals surface area contributed by atoms with Gasteiger partial charge in [-0.05, 0) is 12.0 Å². The molecule has 7 heteroatoms. The number of rotatable bonds is 6. The van der Waals surface area contributed by atoms with Crippen molar-refractivity contribution in [2.24, 2.45) is 0 Å². The minimum absolute atomic E-state index is 0.00773. The number of thiazole rings is 1. The lowest BCUT2D eigenvalue weighted by molar-refractivity contribution is 0.0784. The first-order valence-electron chi connectivity index (χ1n) is 8.93. The highest BCUT2D eigenvalue weighted by Crippen LogP contribution is 2.24. The molecule has 4 rings (SSSR count). The Kier molecular flexibility index (Phi) is 4.77. The number of benzene rings is 1. The van der Waals surface area contributed by atoms with Crippen molar-refractivity contribution in [3.8, 4) is 11.3 Å². The molecule has 0 aliphatic rings. The minimum atomic E-state index is -0.00773. The molecule has 0 saturated heterocycles. The van der Waals surface area contributed by atoms with Gasteiger partial charge in [0.05, 0.1) is 12.0 Å². The van der Waals surface area contributed by atoms with Crippen LogP contribution in [0.2, 0.25) is 0 Å². The largest absolute Gasteiger partial charge is 0.339 e. The Morgan fingerprint density at radius 3 is 2.78 bits per heavy atom. The fraction of sp³-hybridized carbons (Fsp3) is 0.250. The van der Waals surface area contributed by atoms with Crippen LogP contribution in [-0.2, 0) is 13.0 Å². The van der Waals surface area contributed by atoms with Crippen LogP contribution in [0.5, 0.6) is 0 Å². The maximum absolute atomic E-state index is 12.9. The van der Waals surface area contributed by atoms with E-state index < -0.39 is 0 Å². The first kappa shape index (κ1) is 17.5. The van der Waals surface area contributed by atoms with E-state index in [-0.39, 0.29) is 5.91 Å². The molecule has 0 radical (unpaired) electrons. The summed E-state index contributed by atoms with van der Waals surface area (Å²) in [4.78, 5) is 24.1. The van der Waals surface area contributed by atoms with Gasteiger partial charge in [-0.3, -0.25) is 9.20 Å². The molecule has 4 aromatic rings. The molecule has 0 bridgehead atoms. The standard InChI is InChI=1S/C20H21N5OS/c1-3-15-4-6-16(7-5-15)17-12-25-18(13-27-20(25)22-17)19(26)23(2)10-11-24-9-8-21-14-24/h4-9,12-14H,3,10-11H2,1-2H3. The van der Waals surface area contributed by atoms with Crippen molar-refractivity contribution in [2.45, 2.75) is 19.9 Å². The number of hydrogen-bond acceptors (Lipinski definition) is 4. The number of fused-ring (bicyclic) bond motifs is 1. The lowest BCUT2D eigenvalue weighted by Crippen LogP contribution is -2.30. The van der Waals surface area contributed by atoms with E-state index in [1.807, 2.05) is 33.8 Å². The molecule has 3 aromatic heterocycles. The smallest absolute Gasteiger partial charge is 0.271 e. The summed E-state index contributed by atoms with van der Waals surface area (Å²) in [6, 6.07) is 8.42. The molecule has 0 aliphatic heterocycles. The Morgan fingerprint density at radius 1 is 1.26 bits per heavy atom. The van der Waals surface area contributed by atoms with E-state index >= 15 is 0 Å². The van der Waals surface area contributed by atoms with E-state index in [2.05, 4.69) is 41.2 Å². The lowest BCUT2D eigenvalue weighted by atomic mass is 10.1. The van der Waals surface area contributed by atoms with Gasteiger partial charge in [-0.25, -0.2) is 9.97 Å². The van der Waals surface area contributed by atoms with Crippen molar-refractivity contribution >= 4 is 22.2 Å². The summed E-state index contributed by atoms with van der Waals surface area (Å²) in [5.74, 6) is -0.00773. The zero-order valence-corrected chi connectivity index (χ0v) is 16.2. The van der Waals surface area contributed by atoms with E-state index in [0.717, 1.165) is 22.6 Å². The van der Waals surface area contributed by atoms with Gasteiger partial charge in [-0.15, -0.1) is 11.3 Å². The molecule has 1 amide bonds. The minimum Gasteiger partial charge on any atom is -0.339 e. The van der Waals surface area contributed by atoms with E-state index in [4.69, 9.17) is 0 Å². The highest BCUT2D eigenvalue weighted by Gasteiger charge is 2.18. The van der Waals surface area contributed by atoms with E-state index in [1.54, 1.807) is 17.4 Å². The normalized spacial score (nSPS) is 11.2. The van der Waals surface area contributed by atoms with E-state index in [0.29, 0.717) is 18.8 Å². The number of carbonyl (C=O) groups excluding carboxylic acids is 1. The van der Waals surface area contributed by atoms with Crippen LogP contribution in [0.4, 0.5) is 0 Å². The fourth-order valence-electron chi connectivity index (χ4n) is 2.97. The predicted octanol–water partition coefficient (Wildman–Crippen LogP) is 3.59. The van der Waals surface area contributed by atoms with Crippen LogP contribution in [0, 0.1) is 0 Å². The molecule has 1 aromatic carbocycles. The Balaban J connectivity index is 1.54. The van der Waals surface area contributed by atoms with Crippen molar-refractivity contribution in [1.82, 2.24) is 23.8 Å². The molecule has 0 atom stereocenters. The average Bonchev–Trinajstić information content (AvgIpc) is 3.42. The third-order valence-electron chi connectivity index (χ3n) is 4.69. The van der Waals surface area contributed by atoms with Gasteiger partial charge in [0.25, 0.3) is 5.91 Å². The molecule has 6 nitrogen and oxygen atoms in total. The van der Waals surface area contributed by atoms with Gasteiger partial charge in [0.1, 0.15) is 5.69 Å². The molecule has 27 heavy (non-hydrogen) atoms. The van der Waals surface area contributed by atoms with Gasteiger partial charge in [-0.2, -0.15) is 0 Å². The number of nitrogens with zero attached hydrogens (tertiary/aromatic N) is 5. The Hall–Kier alpha value is -2.93. The van der Waals surface area contributed by atoms with Crippen LogP contribution in [-0.4, -0.2) is 43.3 Å². The summed E-state index contributed by atoms with van der Waals surface area (Å²) < 4.78 is 3.85. The van der Waals surface area contributed by atoms with Gasteiger partial charge in [0.15, 0.2) is 4.96 Å². The maximum atomic E-state index is 12.9. The van der Waals surface area contributed by atoms with Gasteiger partial charge < -0.3 is 9.47 Å². The van der Waals surface area contributed by atoms with Crippen molar-refractivity contribution < 1.29 is 4.79 Å². The summed E-state index contributed by atoms with van der Waals surface area (Å²) in [7, 11) is 1.82. The summed E-state index contributed by atoms with van der Waals surface area (Å²) in [5, 5.41) is 1.88. The SMILES string of the molecule is CCc1ccc(-c2cn3c(C(=O)N(C)CCn4ccnc4)csc3n2)cc1. The molecule has 138 valence electrons. The number of aryl methyl sites for hydroxylation is 1. The Morgan fingerprint density at radius 2 is 2.07 bits per heavy atom. The van der Waals surface area contributed by atoms with Gasteiger partial charge in [0.2, 0.25) is 0 Å². The molecule has 0 unspecified atom stereocenters. The van der Waals surface area contributed by atoms with Crippen molar-refractivity contribution in [3.05, 3.63) is 65.8 Å². The van der Waals surface area contributed by atoms with Crippen molar-refractivity contribution in [3.63, 3.8) is 0 Å². The second-order valence-corrected chi connectivity index (χ2v) is 7.31. The molecular formula is C20H21N5OS. The molecule has 0 aliphatic carbocycles. The van der Waals surface area contributed by atoms with E-state index in [1.165, 1.54) is 16.9 Å². The summed E-state index contributed by atoms with van der Waals surface area (Å²) in [5.41, 5.74) is 3.90. The second kappa shape index (κ2) is 7.36. The molecule has 0 saturated carbocycles. The highest BCUT2D eigenvalue weighted by atomic mass is 32.1. The van der Waals surface area contributed by atoms with Crippen molar-refractivity contribution in [1.29, 1.82) is 0 Å². The number of hydrogen-bond donors (Lipinski definition) is 0. The zero-order chi connectivity index (χ0) is 18.8. The van der Waals surface area contributed by atoms with Gasteiger partial charge in [0, 0.05) is 49.7 Å². The number of imidazole rings is 2. The third-order valence-corrected chi connectivity index (χ3v) is 5.53. The zero-order valence-electron chi connectivity index (χ0n) is 15.4. The first-order valence-corrected chi connectivity index (χ1v) is 9.81. The van der Waals surface area contributed by atoms with Gasteiger partial charge in [-0.1, -0.05) is 31.2 Å². The third kappa shape index (κ3) is 3.50. The number of likely N-dealkylation sites (N-methyl/N-ethyl adjacent to an activating group) is 1. The molecule has 0 N–H and O–H groups in total. The quantitative estimate of drug-likeness (QED) is 0.514. The summed E-state index contributed by atoms with van der Waals surface area (Å²) in [6.07, 6.45) is 8.36. The number of aromatic nitrogens is 4. The number of amides is 1. The van der Waals surface area contributed by atoms with Crippen LogP contribution < -0.4 is 0 Å². The average molecular weight is 379 g/mol. The highest BCUT2D eigenvalue weighted by molar-refractivity contribution is 7.15. The summed E-state index contributed by atoms with van der Waals surface area (Å²) in [6.45, 7) is 3.48. The van der Waals surface area contributed by atoms with Crippen LogP contribution in [0.25, 0.3) is 16.2 Å². The topological polar surface area (TPSA) is 55.4 Å². The Bertz CT molecular complexity index is 1050. The van der Waals surface area contributed by atoms with Crippen LogP contribution in [0.15, 0.2) is 54.6 Å². The molecule has 0 fully saturated rings. The summed E-state index contributed by atoms with van der Waals surface area (Å²) >= 11 is 1.49. The molecule has 3 heterocycles.